The van der Waals surface area contributed by atoms with Crippen molar-refractivity contribution in [2.75, 3.05) is 19.6 Å². The number of rotatable bonds is 5. The van der Waals surface area contributed by atoms with Gasteiger partial charge in [0.1, 0.15) is 0 Å². The first-order valence-corrected chi connectivity index (χ1v) is 7.34. The van der Waals surface area contributed by atoms with Crippen molar-refractivity contribution in [2.24, 2.45) is 5.92 Å². The molecule has 1 aromatic carbocycles. The van der Waals surface area contributed by atoms with Crippen LogP contribution < -0.4 is 21.9 Å². The second kappa shape index (κ2) is 7.43. The summed E-state index contributed by atoms with van der Waals surface area (Å²) in [7, 11) is 0. The number of amides is 1. The van der Waals surface area contributed by atoms with Crippen LogP contribution in [0, 0.1) is 5.92 Å². The molecule has 3 N–H and O–H groups in total. The Morgan fingerprint density at radius 1 is 1.26 bits per heavy atom. The molecule has 1 aliphatic heterocycles. The fourth-order valence-electron chi connectivity index (χ4n) is 2.52. The van der Waals surface area contributed by atoms with Gasteiger partial charge >= 0.3 is 5.69 Å². The minimum atomic E-state index is -0.486. The van der Waals surface area contributed by atoms with Crippen LogP contribution in [0.25, 0.3) is 10.9 Å². The normalized spacial score (nSPS) is 14.1. The molecular weight excluding hydrogens is 320 g/mol. The molecule has 1 fully saturated rings. The second-order valence-corrected chi connectivity index (χ2v) is 5.51. The van der Waals surface area contributed by atoms with Crippen LogP contribution in [-0.4, -0.2) is 35.1 Å². The first-order valence-electron chi connectivity index (χ1n) is 7.34. The molecule has 0 unspecified atom stereocenters. The van der Waals surface area contributed by atoms with E-state index in [-0.39, 0.29) is 31.3 Å². The molecule has 7 nitrogen and oxygen atoms in total. The van der Waals surface area contributed by atoms with Crippen LogP contribution in [-0.2, 0) is 11.3 Å². The highest BCUT2D eigenvalue weighted by molar-refractivity contribution is 5.85. The number of nitrogens with zero attached hydrogens (tertiary/aromatic N) is 1. The van der Waals surface area contributed by atoms with Crippen LogP contribution in [0.4, 0.5) is 0 Å². The zero-order valence-electron chi connectivity index (χ0n) is 12.5. The van der Waals surface area contributed by atoms with Crippen molar-refractivity contribution >= 4 is 29.2 Å². The van der Waals surface area contributed by atoms with Crippen molar-refractivity contribution in [3.05, 3.63) is 45.1 Å². The maximum atomic E-state index is 12.0. The minimum Gasteiger partial charge on any atom is -0.356 e. The molecule has 0 atom stereocenters. The van der Waals surface area contributed by atoms with Gasteiger partial charge in [-0.1, -0.05) is 12.1 Å². The Hall–Kier alpha value is -2.12. The van der Waals surface area contributed by atoms with Gasteiger partial charge < -0.3 is 10.6 Å². The van der Waals surface area contributed by atoms with Crippen molar-refractivity contribution in [3.8, 4) is 0 Å². The Balaban J connectivity index is 0.00000192. The van der Waals surface area contributed by atoms with Gasteiger partial charge in [0.25, 0.3) is 5.56 Å². The SMILES string of the molecule is Cl.O=C(CCn1c(=O)[nH]c(=O)c2ccccc21)NCC1CNC1. The van der Waals surface area contributed by atoms with E-state index in [4.69, 9.17) is 0 Å². The molecule has 1 amide bonds. The van der Waals surface area contributed by atoms with Gasteiger partial charge in [0.05, 0.1) is 10.9 Å². The molecule has 23 heavy (non-hydrogen) atoms. The number of H-pyrrole nitrogens is 1. The lowest BCUT2D eigenvalue weighted by atomic mass is 10.0. The molecule has 1 aliphatic rings. The summed E-state index contributed by atoms with van der Waals surface area (Å²) in [5, 5.41) is 6.46. The molecule has 3 rings (SSSR count). The number of fused-ring (bicyclic) bond motifs is 1. The first-order chi connectivity index (χ1) is 10.6. The predicted molar refractivity (Wildman–Crippen MR) is 90.1 cm³/mol. The van der Waals surface area contributed by atoms with Crippen molar-refractivity contribution in [1.29, 1.82) is 0 Å². The van der Waals surface area contributed by atoms with Gasteiger partial charge in [-0.3, -0.25) is 19.1 Å². The van der Waals surface area contributed by atoms with Gasteiger partial charge in [0.15, 0.2) is 0 Å². The minimum absolute atomic E-state index is 0. The van der Waals surface area contributed by atoms with E-state index in [1.165, 1.54) is 4.57 Å². The number of para-hydroxylation sites is 1. The summed E-state index contributed by atoms with van der Waals surface area (Å²) in [5.74, 6) is 0.412. The summed E-state index contributed by atoms with van der Waals surface area (Å²) < 4.78 is 1.43. The van der Waals surface area contributed by atoms with Crippen molar-refractivity contribution in [2.45, 2.75) is 13.0 Å². The largest absolute Gasteiger partial charge is 0.356 e. The summed E-state index contributed by atoms with van der Waals surface area (Å²) in [6.07, 6.45) is 0.204. The smallest absolute Gasteiger partial charge is 0.328 e. The molecule has 0 aliphatic carbocycles. The zero-order chi connectivity index (χ0) is 15.5. The summed E-state index contributed by atoms with van der Waals surface area (Å²) in [4.78, 5) is 37.9. The Bertz CT molecular complexity index is 810. The predicted octanol–water partition coefficient (Wildman–Crippen LogP) is -0.163. The Morgan fingerprint density at radius 3 is 2.70 bits per heavy atom. The lowest BCUT2D eigenvalue weighted by Gasteiger charge is -2.27. The van der Waals surface area contributed by atoms with E-state index in [0.717, 1.165) is 13.1 Å². The number of benzene rings is 1. The van der Waals surface area contributed by atoms with E-state index in [2.05, 4.69) is 15.6 Å². The number of hydrogen-bond acceptors (Lipinski definition) is 4. The first kappa shape index (κ1) is 17.2. The Morgan fingerprint density at radius 2 is 2.00 bits per heavy atom. The number of aryl methyl sites for hydroxylation is 1. The van der Waals surface area contributed by atoms with Gasteiger partial charge in [-0.05, 0) is 12.1 Å². The average Bonchev–Trinajstić information content (AvgIpc) is 2.45. The molecule has 8 heteroatoms. The maximum Gasteiger partial charge on any atom is 0.328 e. The van der Waals surface area contributed by atoms with Gasteiger partial charge in [-0.25, -0.2) is 4.79 Å². The van der Waals surface area contributed by atoms with E-state index in [0.29, 0.717) is 23.4 Å². The molecular formula is C15H19ClN4O3. The number of halogens is 1. The van der Waals surface area contributed by atoms with Gasteiger partial charge in [-0.2, -0.15) is 0 Å². The molecule has 1 saturated heterocycles. The van der Waals surface area contributed by atoms with Crippen LogP contribution in [0.3, 0.4) is 0 Å². The maximum absolute atomic E-state index is 12.0. The van der Waals surface area contributed by atoms with E-state index < -0.39 is 11.2 Å². The molecule has 0 spiro atoms. The highest BCUT2D eigenvalue weighted by Crippen LogP contribution is 2.07. The Labute approximate surface area is 138 Å². The van der Waals surface area contributed by atoms with E-state index in [1.54, 1.807) is 24.3 Å². The highest BCUT2D eigenvalue weighted by Gasteiger charge is 2.17. The lowest BCUT2D eigenvalue weighted by molar-refractivity contribution is -0.121. The fraction of sp³-hybridized carbons (Fsp3) is 0.400. The topological polar surface area (TPSA) is 96.0 Å². The average molecular weight is 339 g/mol. The van der Waals surface area contributed by atoms with Crippen molar-refractivity contribution < 1.29 is 4.79 Å². The number of aromatic amines is 1. The molecule has 124 valence electrons. The molecule has 2 aromatic rings. The molecule has 2 heterocycles. The summed E-state index contributed by atoms with van der Waals surface area (Å²) in [6.45, 7) is 2.77. The Kier molecular flexibility index (Phi) is 5.57. The van der Waals surface area contributed by atoms with Gasteiger partial charge in [-0.15, -0.1) is 12.4 Å². The number of nitrogens with one attached hydrogen (secondary N) is 3. The standard InChI is InChI=1S/C15H18N4O3.ClH/c20-13(17-9-10-7-16-8-10)5-6-19-12-4-2-1-3-11(12)14(21)18-15(19)22;/h1-4,10,16H,5-9H2,(H,17,20)(H,18,21,22);1H. The number of aromatic nitrogens is 2. The van der Waals surface area contributed by atoms with E-state index in [1.807, 2.05) is 0 Å². The van der Waals surface area contributed by atoms with Crippen LogP contribution in [0.2, 0.25) is 0 Å². The number of carbonyl (C=O) groups excluding carboxylic acids is 1. The third kappa shape index (κ3) is 3.80. The highest BCUT2D eigenvalue weighted by atomic mass is 35.5. The quantitative estimate of drug-likeness (QED) is 0.705. The second-order valence-electron chi connectivity index (χ2n) is 5.51. The van der Waals surface area contributed by atoms with Crippen molar-refractivity contribution in [1.82, 2.24) is 20.2 Å². The van der Waals surface area contributed by atoms with Crippen LogP contribution in [0.5, 0.6) is 0 Å². The fourth-order valence-corrected chi connectivity index (χ4v) is 2.52. The monoisotopic (exact) mass is 338 g/mol. The molecule has 0 radical (unpaired) electrons. The molecule has 0 saturated carbocycles. The molecule has 0 bridgehead atoms. The van der Waals surface area contributed by atoms with E-state index in [9.17, 15) is 14.4 Å². The van der Waals surface area contributed by atoms with Crippen molar-refractivity contribution in [3.63, 3.8) is 0 Å². The third-order valence-corrected chi connectivity index (χ3v) is 3.92. The van der Waals surface area contributed by atoms with Crippen LogP contribution in [0.15, 0.2) is 33.9 Å². The van der Waals surface area contributed by atoms with Gasteiger partial charge in [0.2, 0.25) is 5.91 Å². The van der Waals surface area contributed by atoms with Crippen LogP contribution in [0.1, 0.15) is 6.42 Å². The molecule has 1 aromatic heterocycles. The van der Waals surface area contributed by atoms with Gasteiger partial charge in [0, 0.05) is 38.5 Å². The third-order valence-electron chi connectivity index (χ3n) is 3.92. The lowest BCUT2D eigenvalue weighted by Crippen LogP contribution is -2.48. The summed E-state index contributed by atoms with van der Waals surface area (Å²) in [5.41, 5.74) is -0.342. The summed E-state index contributed by atoms with van der Waals surface area (Å²) >= 11 is 0. The van der Waals surface area contributed by atoms with Crippen LogP contribution >= 0.6 is 12.4 Å². The summed E-state index contributed by atoms with van der Waals surface area (Å²) in [6, 6.07) is 6.88. The van der Waals surface area contributed by atoms with E-state index >= 15 is 0 Å². The zero-order valence-corrected chi connectivity index (χ0v) is 13.3. The number of hydrogen-bond donors (Lipinski definition) is 3. The number of carbonyl (C=O) groups is 1.